The van der Waals surface area contributed by atoms with Crippen molar-refractivity contribution in [1.29, 1.82) is 0 Å². The average molecular weight is 360 g/mol. The lowest BCUT2D eigenvalue weighted by atomic mass is 10.2. The maximum absolute atomic E-state index is 12.7. The third-order valence-electron chi connectivity index (χ3n) is 4.51. The summed E-state index contributed by atoms with van der Waals surface area (Å²) in [5.41, 5.74) is 1.03. The number of hydrogen-bond acceptors (Lipinski definition) is 5. The molecule has 0 radical (unpaired) electrons. The molecule has 2 heterocycles. The maximum Gasteiger partial charge on any atom is 0.243 e. The van der Waals surface area contributed by atoms with Gasteiger partial charge in [-0.25, -0.2) is 8.42 Å². The van der Waals surface area contributed by atoms with E-state index in [4.69, 9.17) is 9.47 Å². The zero-order chi connectivity index (χ0) is 17.3. The van der Waals surface area contributed by atoms with Gasteiger partial charge in [-0.15, -0.1) is 0 Å². The van der Waals surface area contributed by atoms with Crippen molar-refractivity contribution in [2.75, 3.05) is 44.3 Å². The Morgan fingerprint density at radius 2 is 1.48 bits per heavy atom. The van der Waals surface area contributed by atoms with Crippen LogP contribution in [0.1, 0.15) is 0 Å². The van der Waals surface area contributed by atoms with Crippen LogP contribution in [0, 0.1) is 0 Å². The second-order valence-corrected chi connectivity index (χ2v) is 7.97. The number of sulfonamides is 1. The molecule has 2 aromatic rings. The molecule has 132 valence electrons. The lowest BCUT2D eigenvalue weighted by Gasteiger charge is -2.35. The van der Waals surface area contributed by atoms with Crippen molar-refractivity contribution < 1.29 is 17.9 Å². The molecule has 2 aliphatic heterocycles. The van der Waals surface area contributed by atoms with Crippen molar-refractivity contribution in [3.63, 3.8) is 0 Å². The van der Waals surface area contributed by atoms with Gasteiger partial charge in [0.15, 0.2) is 11.5 Å². The first-order chi connectivity index (χ1) is 12.1. The minimum Gasteiger partial charge on any atom is -0.486 e. The highest BCUT2D eigenvalue weighted by atomic mass is 32.2. The number of rotatable bonds is 3. The van der Waals surface area contributed by atoms with Crippen LogP contribution in [0.2, 0.25) is 0 Å². The largest absolute Gasteiger partial charge is 0.486 e. The standard InChI is InChI=1S/C18H20N2O4S/c21-25(22,16-4-2-1-3-5-16)20-10-8-19(9-11-20)15-6-7-17-18(14-15)24-13-12-23-17/h1-7,14H,8-13H2. The van der Waals surface area contributed by atoms with Gasteiger partial charge in [0.25, 0.3) is 0 Å². The highest BCUT2D eigenvalue weighted by Crippen LogP contribution is 2.34. The van der Waals surface area contributed by atoms with Crippen LogP contribution in [0.3, 0.4) is 0 Å². The quantitative estimate of drug-likeness (QED) is 0.838. The van der Waals surface area contributed by atoms with Gasteiger partial charge in [-0.3, -0.25) is 0 Å². The van der Waals surface area contributed by atoms with Crippen molar-refractivity contribution in [2.24, 2.45) is 0 Å². The van der Waals surface area contributed by atoms with Gasteiger partial charge >= 0.3 is 0 Å². The Balaban J connectivity index is 1.47. The Labute approximate surface area is 147 Å². The van der Waals surface area contributed by atoms with Crippen LogP contribution in [0.15, 0.2) is 53.4 Å². The molecule has 25 heavy (non-hydrogen) atoms. The fraction of sp³-hybridized carbons (Fsp3) is 0.333. The first kappa shape index (κ1) is 16.2. The molecule has 7 heteroatoms. The summed E-state index contributed by atoms with van der Waals surface area (Å²) in [5.74, 6) is 1.52. The molecule has 0 N–H and O–H groups in total. The van der Waals surface area contributed by atoms with Crippen molar-refractivity contribution in [3.05, 3.63) is 48.5 Å². The van der Waals surface area contributed by atoms with Crippen LogP contribution in [0.4, 0.5) is 5.69 Å². The predicted octanol–water partition coefficient (Wildman–Crippen LogP) is 1.97. The minimum absolute atomic E-state index is 0.350. The summed E-state index contributed by atoms with van der Waals surface area (Å²) in [6, 6.07) is 14.5. The van der Waals surface area contributed by atoms with E-state index in [0.29, 0.717) is 44.3 Å². The van der Waals surface area contributed by atoms with Crippen LogP contribution in [0.5, 0.6) is 11.5 Å². The number of anilines is 1. The molecule has 0 unspecified atom stereocenters. The van der Waals surface area contributed by atoms with E-state index in [1.165, 1.54) is 0 Å². The summed E-state index contributed by atoms with van der Waals surface area (Å²) >= 11 is 0. The minimum atomic E-state index is -3.42. The summed E-state index contributed by atoms with van der Waals surface area (Å²) in [6.07, 6.45) is 0. The number of nitrogens with zero attached hydrogens (tertiary/aromatic N) is 2. The van der Waals surface area contributed by atoms with E-state index >= 15 is 0 Å². The van der Waals surface area contributed by atoms with E-state index in [9.17, 15) is 8.42 Å². The first-order valence-corrected chi connectivity index (χ1v) is 9.78. The Morgan fingerprint density at radius 3 is 2.20 bits per heavy atom. The molecule has 0 spiro atoms. The number of piperazine rings is 1. The Morgan fingerprint density at radius 1 is 0.800 bits per heavy atom. The average Bonchev–Trinajstić information content (AvgIpc) is 2.68. The highest BCUT2D eigenvalue weighted by Gasteiger charge is 2.28. The molecule has 4 rings (SSSR count). The second-order valence-electron chi connectivity index (χ2n) is 6.03. The molecule has 2 aromatic carbocycles. The number of fused-ring (bicyclic) bond motifs is 1. The zero-order valence-electron chi connectivity index (χ0n) is 13.8. The van der Waals surface area contributed by atoms with E-state index in [1.54, 1.807) is 28.6 Å². The summed E-state index contributed by atoms with van der Waals surface area (Å²) < 4.78 is 38.1. The van der Waals surface area contributed by atoms with Crippen LogP contribution < -0.4 is 14.4 Å². The molecule has 0 aliphatic carbocycles. The van der Waals surface area contributed by atoms with Crippen LogP contribution in [0.25, 0.3) is 0 Å². The monoisotopic (exact) mass is 360 g/mol. The summed E-state index contributed by atoms with van der Waals surface area (Å²) in [4.78, 5) is 2.53. The van der Waals surface area contributed by atoms with Gasteiger partial charge in [-0.05, 0) is 24.3 Å². The molecule has 1 fully saturated rings. The summed E-state index contributed by atoms with van der Waals surface area (Å²) in [7, 11) is -3.42. The fourth-order valence-corrected chi connectivity index (χ4v) is 4.60. The number of hydrogen-bond donors (Lipinski definition) is 0. The first-order valence-electron chi connectivity index (χ1n) is 8.34. The Hall–Kier alpha value is -2.25. The highest BCUT2D eigenvalue weighted by molar-refractivity contribution is 7.89. The SMILES string of the molecule is O=S(=O)(c1ccccc1)N1CCN(c2ccc3c(c2)OCCO3)CC1. The second kappa shape index (κ2) is 6.57. The fourth-order valence-electron chi connectivity index (χ4n) is 3.16. The molecule has 2 aliphatic rings. The molecule has 6 nitrogen and oxygen atoms in total. The van der Waals surface area contributed by atoms with Gasteiger partial charge in [0, 0.05) is 37.9 Å². The van der Waals surface area contributed by atoms with Gasteiger partial charge in [0.2, 0.25) is 10.0 Å². The lowest BCUT2D eigenvalue weighted by Crippen LogP contribution is -2.48. The lowest BCUT2D eigenvalue weighted by molar-refractivity contribution is 0.171. The zero-order valence-corrected chi connectivity index (χ0v) is 14.6. The predicted molar refractivity (Wildman–Crippen MR) is 94.8 cm³/mol. The van der Waals surface area contributed by atoms with Crippen molar-refractivity contribution >= 4 is 15.7 Å². The Bertz CT molecular complexity index is 847. The molecule has 0 atom stereocenters. The molecule has 0 aromatic heterocycles. The smallest absolute Gasteiger partial charge is 0.243 e. The molecule has 1 saturated heterocycles. The maximum atomic E-state index is 12.7. The van der Waals surface area contributed by atoms with Crippen molar-refractivity contribution in [2.45, 2.75) is 4.90 Å². The van der Waals surface area contributed by atoms with E-state index < -0.39 is 10.0 Å². The van der Waals surface area contributed by atoms with Crippen LogP contribution in [-0.2, 0) is 10.0 Å². The molecular weight excluding hydrogens is 340 g/mol. The molecule has 0 saturated carbocycles. The van der Waals surface area contributed by atoms with E-state index in [0.717, 1.165) is 17.2 Å². The van der Waals surface area contributed by atoms with E-state index in [2.05, 4.69) is 4.90 Å². The molecular formula is C18H20N2O4S. The third kappa shape index (κ3) is 3.17. The van der Waals surface area contributed by atoms with Gasteiger partial charge in [-0.1, -0.05) is 18.2 Å². The summed E-state index contributed by atoms with van der Waals surface area (Å²) in [5, 5.41) is 0. The molecule has 0 bridgehead atoms. The van der Waals surface area contributed by atoms with Crippen LogP contribution >= 0.6 is 0 Å². The topological polar surface area (TPSA) is 59.1 Å². The van der Waals surface area contributed by atoms with Gasteiger partial charge < -0.3 is 14.4 Å². The van der Waals surface area contributed by atoms with Crippen LogP contribution in [-0.4, -0.2) is 52.1 Å². The third-order valence-corrected chi connectivity index (χ3v) is 6.42. The van der Waals surface area contributed by atoms with Crippen molar-refractivity contribution in [1.82, 2.24) is 4.31 Å². The number of ether oxygens (including phenoxy) is 2. The summed E-state index contributed by atoms with van der Waals surface area (Å²) in [6.45, 7) is 3.34. The molecule has 0 amide bonds. The van der Waals surface area contributed by atoms with Crippen molar-refractivity contribution in [3.8, 4) is 11.5 Å². The van der Waals surface area contributed by atoms with E-state index in [-0.39, 0.29) is 0 Å². The van der Waals surface area contributed by atoms with Gasteiger partial charge in [0.05, 0.1) is 4.90 Å². The Kier molecular flexibility index (Phi) is 4.27. The van der Waals surface area contributed by atoms with E-state index in [1.807, 2.05) is 24.3 Å². The number of benzene rings is 2. The van der Waals surface area contributed by atoms with Gasteiger partial charge in [-0.2, -0.15) is 4.31 Å². The normalized spacial score (nSPS) is 18.2. The van der Waals surface area contributed by atoms with Gasteiger partial charge in [0.1, 0.15) is 13.2 Å².